The third kappa shape index (κ3) is 4.66. The van der Waals surface area contributed by atoms with Gasteiger partial charge in [0.15, 0.2) is 0 Å². The average Bonchev–Trinajstić information content (AvgIpc) is 1.38. The van der Waals surface area contributed by atoms with Gasteiger partial charge in [0.2, 0.25) is 0 Å². The van der Waals surface area contributed by atoms with Gasteiger partial charge < -0.3 is 0 Å². The summed E-state index contributed by atoms with van der Waals surface area (Å²) in [5, 5.41) is 0. The number of alkyl halides is 1. The Kier molecular flexibility index (Phi) is 3.25. The van der Waals surface area contributed by atoms with E-state index in [1.807, 2.05) is 13.8 Å². The van der Waals surface area contributed by atoms with Crippen LogP contribution in [0.15, 0.2) is 0 Å². The van der Waals surface area contributed by atoms with Crippen LogP contribution in [0.5, 0.6) is 0 Å². The van der Waals surface area contributed by atoms with Crippen molar-refractivity contribution < 1.29 is 24.6 Å². The van der Waals surface area contributed by atoms with Crippen molar-refractivity contribution in [3.05, 3.63) is 0 Å². The second-order valence-electron chi connectivity index (χ2n) is 1.10. The summed E-state index contributed by atoms with van der Waals surface area (Å²) < 4.78 is 11.6. The van der Waals surface area contributed by atoms with Crippen molar-refractivity contribution in [3.63, 3.8) is 0 Å². The molecule has 0 amide bonds. The third-order valence-corrected chi connectivity index (χ3v) is 1.11. The van der Waals surface area contributed by atoms with E-state index in [2.05, 4.69) is 0 Å². The Balaban J connectivity index is 2.54. The quantitative estimate of drug-likeness (QED) is 0.343. The molecule has 0 radical (unpaired) electrons. The van der Waals surface area contributed by atoms with Gasteiger partial charge >= 0.3 is 42.4 Å². The van der Waals surface area contributed by atoms with Gasteiger partial charge in [0.1, 0.15) is 0 Å². The van der Waals surface area contributed by atoms with Crippen molar-refractivity contribution in [2.75, 3.05) is 0 Å². The van der Waals surface area contributed by atoms with Gasteiger partial charge in [0, 0.05) is 0 Å². The zero-order chi connectivity index (χ0) is 4.28. The summed E-state index contributed by atoms with van der Waals surface area (Å²) in [5.74, 6) is 0. The molecule has 0 aliphatic rings. The SMILES string of the molecule is CC(C)[I-]F. The fourth-order valence-corrected chi connectivity index (χ4v) is 0. The van der Waals surface area contributed by atoms with E-state index in [0.717, 1.165) is 0 Å². The van der Waals surface area contributed by atoms with Crippen molar-refractivity contribution in [3.8, 4) is 0 Å². The molecule has 0 bridgehead atoms. The van der Waals surface area contributed by atoms with Crippen LogP contribution in [0.2, 0.25) is 0 Å². The number of hydrogen-bond acceptors (Lipinski definition) is 0. The third-order valence-electron chi connectivity index (χ3n) is 0.165. The molecule has 0 nitrogen and oxygen atoms in total. The van der Waals surface area contributed by atoms with Crippen molar-refractivity contribution >= 4 is 0 Å². The summed E-state index contributed by atoms with van der Waals surface area (Å²) in [4.78, 5) is 0. The van der Waals surface area contributed by atoms with E-state index in [1.165, 1.54) is 0 Å². The Labute approximate surface area is 42.8 Å². The van der Waals surface area contributed by atoms with Gasteiger partial charge in [-0.3, -0.25) is 0 Å². The molecule has 0 saturated heterocycles. The Hall–Kier alpha value is 0.660. The summed E-state index contributed by atoms with van der Waals surface area (Å²) in [6, 6.07) is 0. The van der Waals surface area contributed by atoms with Gasteiger partial charge in [-0.1, -0.05) is 0 Å². The molecule has 0 rings (SSSR count). The standard InChI is InChI=1S/C3H7FI/c1-3(2)5-4/h3H,1-2H3/q-1. The molecule has 34 valence electrons. The van der Waals surface area contributed by atoms with Crippen LogP contribution >= 0.6 is 0 Å². The Morgan fingerprint density at radius 3 is 1.80 bits per heavy atom. The van der Waals surface area contributed by atoms with E-state index in [9.17, 15) is 2.86 Å². The van der Waals surface area contributed by atoms with Gasteiger partial charge in [-0.25, -0.2) is 0 Å². The Bertz CT molecular complexity index is 20.9. The first-order valence-electron chi connectivity index (χ1n) is 1.52. The van der Waals surface area contributed by atoms with Crippen LogP contribution in [-0.4, -0.2) is 3.92 Å². The second-order valence-corrected chi connectivity index (χ2v) is 4.06. The molecule has 5 heavy (non-hydrogen) atoms. The molecule has 0 unspecified atom stereocenters. The van der Waals surface area contributed by atoms with Crippen LogP contribution in [0.3, 0.4) is 0 Å². The molecule has 0 aromatic rings. The Morgan fingerprint density at radius 1 is 1.60 bits per heavy atom. The molecule has 0 aliphatic carbocycles. The molecule has 0 N–H and O–H groups in total. The van der Waals surface area contributed by atoms with Crippen molar-refractivity contribution in [1.29, 1.82) is 0 Å². The summed E-state index contributed by atoms with van der Waals surface area (Å²) >= 11 is -0.952. The minimum absolute atomic E-state index is 0.328. The molecular formula is C3H7FI-. The summed E-state index contributed by atoms with van der Waals surface area (Å²) in [6.45, 7) is 3.79. The molecule has 0 aliphatic heterocycles. The topological polar surface area (TPSA) is 0 Å². The Morgan fingerprint density at radius 2 is 1.80 bits per heavy atom. The first-order valence-corrected chi connectivity index (χ1v) is 3.58. The van der Waals surface area contributed by atoms with E-state index in [-0.39, 0.29) is 0 Å². The molecule has 0 atom stereocenters. The van der Waals surface area contributed by atoms with Crippen LogP contribution in [0, 0.1) is 0 Å². The maximum atomic E-state index is 11.2. The van der Waals surface area contributed by atoms with Gasteiger partial charge in [-0.15, -0.1) is 0 Å². The van der Waals surface area contributed by atoms with Crippen LogP contribution in [-0.2, 0) is 0 Å². The van der Waals surface area contributed by atoms with E-state index >= 15 is 0 Å². The van der Waals surface area contributed by atoms with E-state index in [1.54, 1.807) is 0 Å². The fraction of sp³-hybridized carbons (Fsp3) is 1.00. The van der Waals surface area contributed by atoms with Crippen molar-refractivity contribution in [1.82, 2.24) is 0 Å². The van der Waals surface area contributed by atoms with Crippen LogP contribution in [0.25, 0.3) is 0 Å². The summed E-state index contributed by atoms with van der Waals surface area (Å²) in [7, 11) is 0. The zero-order valence-electron chi connectivity index (χ0n) is 3.33. The normalized spacial score (nSPS) is 10.4. The van der Waals surface area contributed by atoms with Crippen molar-refractivity contribution in [2.45, 2.75) is 17.8 Å². The first-order chi connectivity index (χ1) is 2.27. The monoisotopic (exact) mass is 189 g/mol. The van der Waals surface area contributed by atoms with Gasteiger partial charge in [0.25, 0.3) is 0 Å². The number of halogens is 2. The predicted molar refractivity (Wildman–Crippen MR) is 16.2 cm³/mol. The molecule has 0 spiro atoms. The van der Waals surface area contributed by atoms with Crippen LogP contribution < -0.4 is 21.8 Å². The number of rotatable bonds is 1. The first kappa shape index (κ1) is 5.66. The molecule has 0 aromatic carbocycles. The van der Waals surface area contributed by atoms with Gasteiger partial charge in [-0.05, 0) is 0 Å². The second kappa shape index (κ2) is 2.87. The number of hydrogen-bond donors (Lipinski definition) is 0. The molecule has 0 heterocycles. The molecular weight excluding hydrogens is 182 g/mol. The zero-order valence-corrected chi connectivity index (χ0v) is 5.49. The maximum absolute atomic E-state index is 11.2. The van der Waals surface area contributed by atoms with Gasteiger partial charge in [0.05, 0.1) is 0 Å². The van der Waals surface area contributed by atoms with Crippen molar-refractivity contribution in [2.24, 2.45) is 0 Å². The minimum atomic E-state index is -0.952. The molecule has 0 fully saturated rings. The van der Waals surface area contributed by atoms with E-state index < -0.39 is 21.8 Å². The molecule has 2 heteroatoms. The summed E-state index contributed by atoms with van der Waals surface area (Å²) in [6.07, 6.45) is 0. The predicted octanol–water partition coefficient (Wildman–Crippen LogP) is -1.63. The molecule has 0 aromatic heterocycles. The van der Waals surface area contributed by atoms with Crippen LogP contribution in [0.4, 0.5) is 2.86 Å². The average molecular weight is 189 g/mol. The molecule has 0 saturated carbocycles. The van der Waals surface area contributed by atoms with E-state index in [0.29, 0.717) is 3.92 Å². The summed E-state index contributed by atoms with van der Waals surface area (Å²) in [5.41, 5.74) is 0. The van der Waals surface area contributed by atoms with E-state index in [4.69, 9.17) is 0 Å². The van der Waals surface area contributed by atoms with Gasteiger partial charge in [-0.2, -0.15) is 0 Å². The van der Waals surface area contributed by atoms with Crippen LogP contribution in [0.1, 0.15) is 13.8 Å². The fourth-order valence-electron chi connectivity index (χ4n) is 0.